The van der Waals surface area contributed by atoms with Gasteiger partial charge in [-0.25, -0.2) is 4.68 Å². The summed E-state index contributed by atoms with van der Waals surface area (Å²) in [5, 5.41) is 12.8. The molecule has 1 heterocycles. The van der Waals surface area contributed by atoms with Crippen molar-refractivity contribution in [3.05, 3.63) is 12.7 Å². The molecule has 148 valence electrons. The summed E-state index contributed by atoms with van der Waals surface area (Å²) in [5.74, 6) is -0.200. The number of carbonyl (C=O) groups excluding carboxylic acids is 1. The highest BCUT2D eigenvalue weighted by molar-refractivity contribution is 7.80. The predicted octanol–water partition coefficient (Wildman–Crippen LogP) is 3.65. The lowest BCUT2D eigenvalue weighted by molar-refractivity contribution is -0.122. The number of halogens is 3. The van der Waals surface area contributed by atoms with Crippen LogP contribution in [0.4, 0.5) is 0 Å². The first-order valence-corrected chi connectivity index (χ1v) is 10.2. The van der Waals surface area contributed by atoms with Crippen molar-refractivity contribution in [1.29, 1.82) is 0 Å². The number of hydrogen-bond donors (Lipinski definition) is 3. The standard InChI is InChI=1S/C15H25Cl3N6OS/c1-2-3-4-5-6-7-8-9-12(25)21-13(15(16,17)18)22-14(26)23-24-10-19-20-11-24/h10-11,13H,2-9H2,1H3,(H,21,25)(H2,22,23,26)/t13-/m0/s1. The van der Waals surface area contributed by atoms with Gasteiger partial charge in [0.2, 0.25) is 9.70 Å². The van der Waals surface area contributed by atoms with Crippen LogP contribution in [-0.2, 0) is 4.79 Å². The molecule has 7 nitrogen and oxygen atoms in total. The van der Waals surface area contributed by atoms with E-state index in [2.05, 4.69) is 33.2 Å². The second-order valence-corrected chi connectivity index (χ2v) is 8.65. The molecule has 11 heteroatoms. The van der Waals surface area contributed by atoms with Crippen LogP contribution in [0.25, 0.3) is 0 Å². The Bertz CT molecular complexity index is 538. The number of rotatable bonds is 11. The van der Waals surface area contributed by atoms with E-state index >= 15 is 0 Å². The molecule has 0 saturated heterocycles. The van der Waals surface area contributed by atoms with Crippen molar-refractivity contribution in [3.8, 4) is 0 Å². The Morgan fingerprint density at radius 3 is 2.23 bits per heavy atom. The van der Waals surface area contributed by atoms with Gasteiger partial charge in [-0.1, -0.05) is 80.3 Å². The summed E-state index contributed by atoms with van der Waals surface area (Å²) >= 11 is 22.9. The molecule has 0 fully saturated rings. The third-order valence-corrected chi connectivity index (χ3v) is 4.43. The molecular formula is C15H25Cl3N6OS. The third-order valence-electron chi connectivity index (χ3n) is 3.56. The van der Waals surface area contributed by atoms with Crippen molar-refractivity contribution >= 4 is 58.0 Å². The highest BCUT2D eigenvalue weighted by Gasteiger charge is 2.34. The molecule has 0 spiro atoms. The van der Waals surface area contributed by atoms with Crippen LogP contribution < -0.4 is 16.1 Å². The lowest BCUT2D eigenvalue weighted by Gasteiger charge is -2.27. The first-order valence-electron chi connectivity index (χ1n) is 8.61. The fourth-order valence-corrected chi connectivity index (χ4v) is 2.77. The molecule has 3 N–H and O–H groups in total. The van der Waals surface area contributed by atoms with Crippen LogP contribution >= 0.6 is 47.0 Å². The van der Waals surface area contributed by atoms with E-state index in [4.69, 9.17) is 47.0 Å². The third kappa shape index (κ3) is 10.4. The lowest BCUT2D eigenvalue weighted by atomic mass is 10.1. The van der Waals surface area contributed by atoms with E-state index in [0.29, 0.717) is 6.42 Å². The van der Waals surface area contributed by atoms with Crippen molar-refractivity contribution in [2.24, 2.45) is 0 Å². The van der Waals surface area contributed by atoms with Crippen LogP contribution in [0.5, 0.6) is 0 Å². The van der Waals surface area contributed by atoms with Crippen molar-refractivity contribution in [1.82, 2.24) is 25.5 Å². The quantitative estimate of drug-likeness (QED) is 0.209. The number of aromatic nitrogens is 3. The van der Waals surface area contributed by atoms with E-state index in [1.165, 1.54) is 43.0 Å². The van der Waals surface area contributed by atoms with Crippen molar-refractivity contribution in [3.63, 3.8) is 0 Å². The highest BCUT2D eigenvalue weighted by atomic mass is 35.6. The summed E-state index contributed by atoms with van der Waals surface area (Å²) in [5.41, 5.74) is 2.76. The van der Waals surface area contributed by atoms with Crippen molar-refractivity contribution in [2.75, 3.05) is 5.43 Å². The number of amides is 1. The molecular weight excluding hydrogens is 419 g/mol. The average molecular weight is 444 g/mol. The molecule has 1 aromatic heterocycles. The van der Waals surface area contributed by atoms with Crippen LogP contribution in [0.15, 0.2) is 12.7 Å². The zero-order chi connectivity index (χ0) is 19.4. The maximum absolute atomic E-state index is 12.1. The van der Waals surface area contributed by atoms with E-state index in [9.17, 15) is 4.79 Å². The second kappa shape index (κ2) is 12.5. The van der Waals surface area contributed by atoms with Crippen molar-refractivity contribution < 1.29 is 4.79 Å². The molecule has 26 heavy (non-hydrogen) atoms. The molecule has 1 atom stereocenters. The zero-order valence-electron chi connectivity index (χ0n) is 14.7. The van der Waals surface area contributed by atoms with E-state index < -0.39 is 9.96 Å². The Hall–Kier alpha value is -0.830. The number of alkyl halides is 3. The summed E-state index contributed by atoms with van der Waals surface area (Å²) in [7, 11) is 0. The molecule has 0 radical (unpaired) electrons. The number of carbonyl (C=O) groups is 1. The number of hydrogen-bond acceptors (Lipinski definition) is 4. The van der Waals surface area contributed by atoms with Crippen LogP contribution in [-0.4, -0.2) is 35.9 Å². The van der Waals surface area contributed by atoms with Gasteiger partial charge in [0.1, 0.15) is 18.8 Å². The lowest BCUT2D eigenvalue weighted by Crippen LogP contribution is -2.56. The first-order chi connectivity index (χ1) is 12.3. The SMILES string of the molecule is CCCCCCCCCC(=O)N[C@@H](NC(=S)Nn1cnnc1)C(Cl)(Cl)Cl. The number of unbranched alkanes of at least 4 members (excludes halogenated alkanes) is 6. The zero-order valence-corrected chi connectivity index (χ0v) is 17.8. The monoisotopic (exact) mass is 442 g/mol. The maximum atomic E-state index is 12.1. The fourth-order valence-electron chi connectivity index (χ4n) is 2.21. The molecule has 0 aliphatic carbocycles. The summed E-state index contributed by atoms with van der Waals surface area (Å²) in [6.45, 7) is 2.19. The van der Waals surface area contributed by atoms with Gasteiger partial charge in [0.25, 0.3) is 0 Å². The van der Waals surface area contributed by atoms with E-state index in [1.54, 1.807) is 0 Å². The van der Waals surface area contributed by atoms with Gasteiger partial charge in [0, 0.05) is 6.42 Å². The molecule has 0 aliphatic heterocycles. The largest absolute Gasteiger partial charge is 0.338 e. The van der Waals surface area contributed by atoms with Gasteiger partial charge < -0.3 is 10.6 Å². The van der Waals surface area contributed by atoms with Crippen molar-refractivity contribution in [2.45, 2.75) is 68.2 Å². The van der Waals surface area contributed by atoms with Gasteiger partial charge in [-0.15, -0.1) is 10.2 Å². The first kappa shape index (κ1) is 23.2. The van der Waals surface area contributed by atoms with Crippen LogP contribution in [0.1, 0.15) is 58.3 Å². The van der Waals surface area contributed by atoms with Gasteiger partial charge >= 0.3 is 0 Å². The summed E-state index contributed by atoms with van der Waals surface area (Å²) < 4.78 is -0.347. The minimum Gasteiger partial charge on any atom is -0.338 e. The smallest absolute Gasteiger partial charge is 0.228 e. The van der Waals surface area contributed by atoms with Gasteiger partial charge in [0.05, 0.1) is 0 Å². The fraction of sp³-hybridized carbons (Fsp3) is 0.733. The predicted molar refractivity (Wildman–Crippen MR) is 110 cm³/mol. The van der Waals surface area contributed by atoms with Crippen LogP contribution in [0.3, 0.4) is 0 Å². The molecule has 0 aliphatic rings. The normalized spacial score (nSPS) is 12.5. The van der Waals surface area contributed by atoms with E-state index in [0.717, 1.165) is 19.3 Å². The molecule has 0 unspecified atom stereocenters. The molecule has 0 bridgehead atoms. The minimum absolute atomic E-state index is 0.150. The van der Waals surface area contributed by atoms with E-state index in [1.807, 2.05) is 0 Å². The van der Waals surface area contributed by atoms with Gasteiger partial charge in [-0.3, -0.25) is 10.2 Å². The summed E-state index contributed by atoms with van der Waals surface area (Å²) in [6.07, 6.45) is 10.1. The molecule has 0 aromatic carbocycles. The number of nitrogens with one attached hydrogen (secondary N) is 3. The van der Waals surface area contributed by atoms with Gasteiger partial charge in [0.15, 0.2) is 5.11 Å². The minimum atomic E-state index is -1.77. The van der Waals surface area contributed by atoms with Crippen LogP contribution in [0, 0.1) is 0 Å². The topological polar surface area (TPSA) is 83.9 Å². The summed E-state index contributed by atoms with van der Waals surface area (Å²) in [6, 6.07) is 0. The average Bonchev–Trinajstić information content (AvgIpc) is 3.05. The molecule has 1 rings (SSSR count). The van der Waals surface area contributed by atoms with Gasteiger partial charge in [-0.05, 0) is 18.6 Å². The Morgan fingerprint density at radius 1 is 1.08 bits per heavy atom. The summed E-state index contributed by atoms with van der Waals surface area (Å²) in [4.78, 5) is 12.1. The molecule has 0 saturated carbocycles. The van der Waals surface area contributed by atoms with Crippen LogP contribution in [0.2, 0.25) is 0 Å². The molecule has 1 aromatic rings. The Balaban J connectivity index is 2.34. The Kier molecular flexibility index (Phi) is 11.2. The maximum Gasteiger partial charge on any atom is 0.228 e. The van der Waals surface area contributed by atoms with E-state index in [-0.39, 0.29) is 11.0 Å². The second-order valence-electron chi connectivity index (χ2n) is 5.87. The number of nitrogens with zero attached hydrogens (tertiary/aromatic N) is 3. The number of thiocarbonyl (C=S) groups is 1. The Labute approximate surface area is 174 Å². The van der Waals surface area contributed by atoms with Gasteiger partial charge in [-0.2, -0.15) is 0 Å². The molecule has 1 amide bonds. The highest BCUT2D eigenvalue weighted by Crippen LogP contribution is 2.29. The Morgan fingerprint density at radius 2 is 1.65 bits per heavy atom.